The molecule has 244 valence electrons. The van der Waals surface area contributed by atoms with Crippen molar-refractivity contribution < 1.29 is 8.83 Å². The molecule has 0 saturated heterocycles. The third kappa shape index (κ3) is 5.17. The third-order valence-corrected chi connectivity index (χ3v) is 10.0. The summed E-state index contributed by atoms with van der Waals surface area (Å²) in [7, 11) is 0. The van der Waals surface area contributed by atoms with Crippen molar-refractivity contribution >= 4 is 32.3 Å². The summed E-state index contributed by atoms with van der Waals surface area (Å²) < 4.78 is 11.1. The lowest BCUT2D eigenvalue weighted by Crippen LogP contribution is -1.91. The number of fused-ring (bicyclic) bond motifs is 6. The highest BCUT2D eigenvalue weighted by Gasteiger charge is 2.17. The van der Waals surface area contributed by atoms with E-state index in [2.05, 4.69) is 168 Å². The molecule has 10 aromatic rings. The van der Waals surface area contributed by atoms with Gasteiger partial charge in [-0.3, -0.25) is 0 Å². The fourth-order valence-electron chi connectivity index (χ4n) is 7.46. The molecule has 0 aliphatic rings. The fourth-order valence-corrected chi connectivity index (χ4v) is 7.46. The average Bonchev–Trinajstić information content (AvgIpc) is 3.97. The molecule has 4 heteroatoms. The van der Waals surface area contributed by atoms with Crippen molar-refractivity contribution in [2.24, 2.45) is 0 Å². The van der Waals surface area contributed by atoms with Crippen LogP contribution in [-0.2, 0) is 0 Å². The van der Waals surface area contributed by atoms with Crippen LogP contribution < -0.4 is 0 Å². The van der Waals surface area contributed by atoms with Gasteiger partial charge in [-0.2, -0.15) is 0 Å². The highest BCUT2D eigenvalue weighted by atomic mass is 16.3. The number of oxazole rings is 2. The standard InChI is InChI=1S/C48H30N2O2/c1-3-7-33(8-4-1)41-29-45-43-27-37(31-11-15-35(16-12-31)47-49-23-25-51-47)19-21-39(43)40-22-20-38(32-13-17-36(18-14-32)48-50-24-26-52-48)28-44(40)46(45)30-42(41)34-9-5-2-6-10-34/h1-30H. The first-order chi connectivity index (χ1) is 25.8. The van der Waals surface area contributed by atoms with E-state index >= 15 is 0 Å². The summed E-state index contributed by atoms with van der Waals surface area (Å²) in [5.41, 5.74) is 11.3. The summed E-state index contributed by atoms with van der Waals surface area (Å²) in [6.07, 6.45) is 6.56. The van der Waals surface area contributed by atoms with Gasteiger partial charge in [-0.15, -0.1) is 0 Å². The summed E-state index contributed by atoms with van der Waals surface area (Å²) in [4.78, 5) is 8.64. The lowest BCUT2D eigenvalue weighted by Gasteiger charge is -2.18. The second-order valence-corrected chi connectivity index (χ2v) is 13.0. The van der Waals surface area contributed by atoms with E-state index in [9.17, 15) is 0 Å². The Kier molecular flexibility index (Phi) is 7.10. The van der Waals surface area contributed by atoms with Crippen LogP contribution in [0.1, 0.15) is 0 Å². The van der Waals surface area contributed by atoms with Gasteiger partial charge in [0, 0.05) is 11.1 Å². The number of hydrogen-bond acceptors (Lipinski definition) is 4. The molecular weight excluding hydrogens is 637 g/mol. The molecular formula is C48H30N2O2. The van der Waals surface area contributed by atoms with Gasteiger partial charge >= 0.3 is 0 Å². The van der Waals surface area contributed by atoms with E-state index in [1.54, 1.807) is 24.9 Å². The van der Waals surface area contributed by atoms with Crippen LogP contribution in [0.5, 0.6) is 0 Å². The molecule has 0 saturated carbocycles. The summed E-state index contributed by atoms with van der Waals surface area (Å²) in [5, 5.41) is 7.32. The minimum Gasteiger partial charge on any atom is -0.445 e. The molecule has 10 rings (SSSR count). The summed E-state index contributed by atoms with van der Waals surface area (Å²) >= 11 is 0. The monoisotopic (exact) mass is 666 g/mol. The van der Waals surface area contributed by atoms with Crippen LogP contribution in [0, 0.1) is 0 Å². The predicted octanol–water partition coefficient (Wildman–Crippen LogP) is 13.1. The van der Waals surface area contributed by atoms with Crippen molar-refractivity contribution in [2.45, 2.75) is 0 Å². The Balaban J connectivity index is 1.22. The van der Waals surface area contributed by atoms with Crippen molar-refractivity contribution in [1.82, 2.24) is 9.97 Å². The summed E-state index contributed by atoms with van der Waals surface area (Å²) in [5.74, 6) is 1.24. The maximum absolute atomic E-state index is 5.54. The van der Waals surface area contributed by atoms with Gasteiger partial charge in [0.1, 0.15) is 12.5 Å². The van der Waals surface area contributed by atoms with Crippen molar-refractivity contribution in [3.63, 3.8) is 0 Å². The Bertz CT molecular complexity index is 2640. The molecule has 0 aliphatic heterocycles. The van der Waals surface area contributed by atoms with Crippen molar-refractivity contribution in [1.29, 1.82) is 0 Å². The SMILES string of the molecule is c1ccc(-c2cc3c4cc(-c5ccc(-c6ncco6)cc5)ccc4c4ccc(-c5ccc(-c6ncco6)cc5)cc4c3cc2-c2ccccc2)cc1. The molecule has 8 aromatic carbocycles. The minimum absolute atomic E-state index is 0.620. The van der Waals surface area contributed by atoms with Gasteiger partial charge in [-0.05, 0) is 125 Å². The van der Waals surface area contributed by atoms with Gasteiger partial charge in [-0.25, -0.2) is 9.97 Å². The highest BCUT2D eigenvalue weighted by molar-refractivity contribution is 6.27. The second-order valence-electron chi connectivity index (χ2n) is 13.0. The summed E-state index contributed by atoms with van der Waals surface area (Å²) in [6, 6.07) is 56.9. The van der Waals surface area contributed by atoms with Gasteiger partial charge in [0.25, 0.3) is 0 Å². The van der Waals surface area contributed by atoms with Gasteiger partial charge in [-0.1, -0.05) is 109 Å². The number of benzene rings is 8. The van der Waals surface area contributed by atoms with Gasteiger partial charge in [0.15, 0.2) is 0 Å². The van der Waals surface area contributed by atoms with Crippen molar-refractivity contribution in [3.8, 4) is 67.4 Å². The normalized spacial score (nSPS) is 11.5. The van der Waals surface area contributed by atoms with E-state index in [-0.39, 0.29) is 0 Å². The zero-order chi connectivity index (χ0) is 34.4. The molecule has 4 nitrogen and oxygen atoms in total. The largest absolute Gasteiger partial charge is 0.445 e. The van der Waals surface area contributed by atoms with Crippen LogP contribution in [0.15, 0.2) is 191 Å². The van der Waals surface area contributed by atoms with Crippen molar-refractivity contribution in [3.05, 3.63) is 183 Å². The van der Waals surface area contributed by atoms with Crippen LogP contribution >= 0.6 is 0 Å². The number of aromatic nitrogens is 2. The Morgan fingerprint density at radius 1 is 0.288 bits per heavy atom. The number of nitrogens with zero attached hydrogens (tertiary/aromatic N) is 2. The molecule has 0 fully saturated rings. The van der Waals surface area contributed by atoms with E-state index in [4.69, 9.17) is 8.83 Å². The Morgan fingerprint density at radius 3 is 1.04 bits per heavy atom. The minimum atomic E-state index is 0.620. The lowest BCUT2D eigenvalue weighted by molar-refractivity contribution is 0.574. The topological polar surface area (TPSA) is 52.1 Å². The molecule has 0 aliphatic carbocycles. The average molecular weight is 667 g/mol. The molecule has 0 spiro atoms. The first-order valence-electron chi connectivity index (χ1n) is 17.4. The molecule has 2 aromatic heterocycles. The van der Waals surface area contributed by atoms with Crippen LogP contribution in [0.4, 0.5) is 0 Å². The molecule has 0 radical (unpaired) electrons. The van der Waals surface area contributed by atoms with Crippen molar-refractivity contribution in [2.75, 3.05) is 0 Å². The van der Waals surface area contributed by atoms with E-state index in [0.29, 0.717) is 11.8 Å². The van der Waals surface area contributed by atoms with Crippen LogP contribution in [-0.4, -0.2) is 9.97 Å². The molecule has 0 unspecified atom stereocenters. The second kappa shape index (κ2) is 12.4. The lowest BCUT2D eigenvalue weighted by atomic mass is 9.86. The number of hydrogen-bond donors (Lipinski definition) is 0. The zero-order valence-electron chi connectivity index (χ0n) is 28.0. The predicted molar refractivity (Wildman–Crippen MR) is 212 cm³/mol. The number of rotatable bonds is 6. The fraction of sp³-hybridized carbons (Fsp3) is 0. The van der Waals surface area contributed by atoms with Crippen LogP contribution in [0.3, 0.4) is 0 Å². The Morgan fingerprint density at radius 2 is 0.654 bits per heavy atom. The Hall–Kier alpha value is -7.04. The van der Waals surface area contributed by atoms with E-state index in [1.165, 1.54) is 54.6 Å². The quantitative estimate of drug-likeness (QED) is 0.166. The van der Waals surface area contributed by atoms with Gasteiger partial charge in [0.2, 0.25) is 11.8 Å². The maximum atomic E-state index is 5.54. The molecule has 52 heavy (non-hydrogen) atoms. The molecule has 0 N–H and O–H groups in total. The molecule has 0 atom stereocenters. The summed E-state index contributed by atoms with van der Waals surface area (Å²) in [6.45, 7) is 0. The smallest absolute Gasteiger partial charge is 0.225 e. The molecule has 0 amide bonds. The van der Waals surface area contributed by atoms with E-state index < -0.39 is 0 Å². The van der Waals surface area contributed by atoms with Gasteiger partial charge in [0.05, 0.1) is 12.4 Å². The first kappa shape index (κ1) is 29.8. The first-order valence-corrected chi connectivity index (χ1v) is 17.4. The van der Waals surface area contributed by atoms with Crippen LogP contribution in [0.2, 0.25) is 0 Å². The molecule has 0 bridgehead atoms. The molecule has 2 heterocycles. The van der Waals surface area contributed by atoms with E-state index in [0.717, 1.165) is 33.4 Å². The maximum Gasteiger partial charge on any atom is 0.225 e. The van der Waals surface area contributed by atoms with Gasteiger partial charge < -0.3 is 8.83 Å². The Labute approximate surface area is 300 Å². The highest BCUT2D eigenvalue weighted by Crippen LogP contribution is 2.44. The third-order valence-electron chi connectivity index (χ3n) is 10.0. The zero-order valence-corrected chi connectivity index (χ0v) is 28.0. The van der Waals surface area contributed by atoms with E-state index in [1.807, 2.05) is 0 Å². The van der Waals surface area contributed by atoms with Crippen LogP contribution in [0.25, 0.3) is 99.7 Å².